The van der Waals surface area contributed by atoms with E-state index < -0.39 is 0 Å². The quantitative estimate of drug-likeness (QED) is 0.503. The number of rotatable bonds is 8. The van der Waals surface area contributed by atoms with Crippen LogP contribution in [0.15, 0.2) is 0 Å². The molecule has 2 nitrogen and oxygen atoms in total. The van der Waals surface area contributed by atoms with Gasteiger partial charge in [0.2, 0.25) is 0 Å². The largest absolute Gasteiger partial charge is 0.377 e. The van der Waals surface area contributed by atoms with Crippen LogP contribution in [0.4, 0.5) is 0 Å². The number of nitrogens with one attached hydrogen (secondary N) is 1. The van der Waals surface area contributed by atoms with Crippen LogP contribution in [-0.2, 0) is 4.74 Å². The fourth-order valence-electron chi connectivity index (χ4n) is 1.35. The first-order valence-corrected chi connectivity index (χ1v) is 6.06. The molecule has 0 aromatic carbocycles. The van der Waals surface area contributed by atoms with Gasteiger partial charge in [0, 0.05) is 18.0 Å². The third-order valence-corrected chi connectivity index (χ3v) is 3.17. The van der Waals surface area contributed by atoms with Gasteiger partial charge in [-0.2, -0.15) is 0 Å². The molecule has 1 N–H and O–H groups in total. The second-order valence-corrected chi connectivity index (χ2v) is 4.23. The van der Waals surface area contributed by atoms with Crippen LogP contribution in [0.3, 0.4) is 0 Å². The first-order chi connectivity index (χ1) is 6.60. The standard InChI is InChI=1S/C11H24ClNO/c1-5-11(6-2,9-12)13-7-8-14-10(3)4/h10,13H,5-9H2,1-4H3. The summed E-state index contributed by atoms with van der Waals surface area (Å²) >= 11 is 5.96. The molecule has 0 rings (SSSR count). The molecule has 0 spiro atoms. The van der Waals surface area contributed by atoms with Gasteiger partial charge in [0.05, 0.1) is 12.7 Å². The van der Waals surface area contributed by atoms with Gasteiger partial charge in [0.15, 0.2) is 0 Å². The number of alkyl halides is 1. The van der Waals surface area contributed by atoms with Crippen LogP contribution < -0.4 is 5.32 Å². The summed E-state index contributed by atoms with van der Waals surface area (Å²) in [7, 11) is 0. The van der Waals surface area contributed by atoms with Crippen molar-refractivity contribution in [1.82, 2.24) is 5.32 Å². The molecule has 14 heavy (non-hydrogen) atoms. The Kier molecular flexibility index (Phi) is 7.61. The van der Waals surface area contributed by atoms with Crippen molar-refractivity contribution in [1.29, 1.82) is 0 Å². The predicted molar refractivity (Wildman–Crippen MR) is 63.1 cm³/mol. The lowest BCUT2D eigenvalue weighted by molar-refractivity contribution is 0.0760. The maximum Gasteiger partial charge on any atom is 0.0594 e. The van der Waals surface area contributed by atoms with E-state index in [4.69, 9.17) is 16.3 Å². The molecule has 0 saturated carbocycles. The van der Waals surface area contributed by atoms with Gasteiger partial charge in [-0.3, -0.25) is 0 Å². The van der Waals surface area contributed by atoms with Crippen molar-refractivity contribution < 1.29 is 4.74 Å². The highest BCUT2D eigenvalue weighted by Crippen LogP contribution is 2.16. The molecule has 0 amide bonds. The number of hydrogen-bond acceptors (Lipinski definition) is 2. The Morgan fingerprint density at radius 2 is 1.86 bits per heavy atom. The highest BCUT2D eigenvalue weighted by molar-refractivity contribution is 6.18. The number of halogens is 1. The van der Waals surface area contributed by atoms with Crippen LogP contribution in [0, 0.1) is 0 Å². The molecule has 86 valence electrons. The van der Waals surface area contributed by atoms with Crippen molar-refractivity contribution in [2.75, 3.05) is 19.0 Å². The van der Waals surface area contributed by atoms with Gasteiger partial charge in [-0.25, -0.2) is 0 Å². The minimum atomic E-state index is 0.0991. The van der Waals surface area contributed by atoms with Crippen molar-refractivity contribution in [3.8, 4) is 0 Å². The molecule has 0 saturated heterocycles. The van der Waals surface area contributed by atoms with Crippen molar-refractivity contribution in [3.63, 3.8) is 0 Å². The highest BCUT2D eigenvalue weighted by atomic mass is 35.5. The molecule has 0 atom stereocenters. The lowest BCUT2D eigenvalue weighted by Gasteiger charge is -2.31. The smallest absolute Gasteiger partial charge is 0.0594 e. The molecule has 0 aliphatic rings. The Labute approximate surface area is 93.4 Å². The van der Waals surface area contributed by atoms with E-state index in [1.165, 1.54) is 0 Å². The molecule has 0 aliphatic heterocycles. The molecule has 0 heterocycles. The lowest BCUT2D eigenvalue weighted by atomic mass is 9.95. The Bertz CT molecular complexity index is 127. The third-order valence-electron chi connectivity index (χ3n) is 2.66. The summed E-state index contributed by atoms with van der Waals surface area (Å²) < 4.78 is 5.47. The number of ether oxygens (including phenoxy) is 1. The Morgan fingerprint density at radius 3 is 2.21 bits per heavy atom. The zero-order valence-electron chi connectivity index (χ0n) is 9.90. The summed E-state index contributed by atoms with van der Waals surface area (Å²) in [6, 6.07) is 0. The zero-order valence-corrected chi connectivity index (χ0v) is 10.7. The van der Waals surface area contributed by atoms with Crippen LogP contribution in [0.5, 0.6) is 0 Å². The van der Waals surface area contributed by atoms with E-state index in [2.05, 4.69) is 33.0 Å². The molecule has 3 heteroatoms. The van der Waals surface area contributed by atoms with E-state index >= 15 is 0 Å². The van der Waals surface area contributed by atoms with Gasteiger partial charge in [-0.15, -0.1) is 11.6 Å². The maximum atomic E-state index is 5.96. The van der Waals surface area contributed by atoms with E-state index in [1.54, 1.807) is 0 Å². The Morgan fingerprint density at radius 1 is 1.29 bits per heavy atom. The second kappa shape index (κ2) is 7.49. The molecule has 0 unspecified atom stereocenters. The SMILES string of the molecule is CCC(CC)(CCl)NCCOC(C)C. The average molecular weight is 222 g/mol. The van der Waals surface area contributed by atoms with Crippen molar-refractivity contribution >= 4 is 11.6 Å². The van der Waals surface area contributed by atoms with E-state index in [9.17, 15) is 0 Å². The molecular formula is C11H24ClNO. The minimum Gasteiger partial charge on any atom is -0.377 e. The van der Waals surface area contributed by atoms with Gasteiger partial charge >= 0.3 is 0 Å². The topological polar surface area (TPSA) is 21.3 Å². The van der Waals surface area contributed by atoms with Crippen molar-refractivity contribution in [2.24, 2.45) is 0 Å². The average Bonchev–Trinajstić information content (AvgIpc) is 2.19. The third kappa shape index (κ3) is 5.18. The van der Waals surface area contributed by atoms with Crippen molar-refractivity contribution in [3.05, 3.63) is 0 Å². The highest BCUT2D eigenvalue weighted by Gasteiger charge is 2.23. The summed E-state index contributed by atoms with van der Waals surface area (Å²) in [5, 5.41) is 3.48. The fourth-order valence-corrected chi connectivity index (χ4v) is 1.82. The van der Waals surface area contributed by atoms with Crippen LogP contribution in [0.1, 0.15) is 40.5 Å². The Balaban J connectivity index is 3.71. The number of hydrogen-bond donors (Lipinski definition) is 1. The van der Waals surface area contributed by atoms with Gasteiger partial charge in [-0.1, -0.05) is 13.8 Å². The van der Waals surface area contributed by atoms with Gasteiger partial charge < -0.3 is 10.1 Å². The molecule has 0 aromatic rings. The van der Waals surface area contributed by atoms with E-state index in [-0.39, 0.29) is 5.54 Å². The summed E-state index contributed by atoms with van der Waals surface area (Å²) in [4.78, 5) is 0. The molecule has 0 aromatic heterocycles. The van der Waals surface area contributed by atoms with Crippen molar-refractivity contribution in [2.45, 2.75) is 52.2 Å². The van der Waals surface area contributed by atoms with Crippen LogP contribution in [0.2, 0.25) is 0 Å². The predicted octanol–water partition coefficient (Wildman–Crippen LogP) is 2.80. The summed E-state index contributed by atoms with van der Waals surface area (Å²) in [5.74, 6) is 0.668. The lowest BCUT2D eigenvalue weighted by Crippen LogP contribution is -2.47. The normalized spacial score (nSPS) is 12.4. The molecule has 0 aliphatic carbocycles. The zero-order chi connectivity index (χ0) is 11.0. The molecular weight excluding hydrogens is 198 g/mol. The summed E-state index contributed by atoms with van der Waals surface area (Å²) in [6.45, 7) is 10.1. The summed E-state index contributed by atoms with van der Waals surface area (Å²) in [5.41, 5.74) is 0.0991. The maximum absolute atomic E-state index is 5.96. The van der Waals surface area contributed by atoms with Crippen LogP contribution >= 0.6 is 11.6 Å². The molecule has 0 fully saturated rings. The van der Waals surface area contributed by atoms with Crippen LogP contribution in [-0.4, -0.2) is 30.7 Å². The summed E-state index contributed by atoms with van der Waals surface area (Å²) in [6.07, 6.45) is 2.44. The second-order valence-electron chi connectivity index (χ2n) is 3.97. The van der Waals surface area contributed by atoms with E-state index in [1.807, 2.05) is 0 Å². The monoisotopic (exact) mass is 221 g/mol. The fraction of sp³-hybridized carbons (Fsp3) is 1.00. The van der Waals surface area contributed by atoms with Crippen LogP contribution in [0.25, 0.3) is 0 Å². The van der Waals surface area contributed by atoms with Gasteiger partial charge in [0.1, 0.15) is 0 Å². The van der Waals surface area contributed by atoms with Gasteiger partial charge in [0.25, 0.3) is 0 Å². The Hall–Kier alpha value is 0.210. The van der Waals surface area contributed by atoms with E-state index in [0.717, 1.165) is 26.0 Å². The first kappa shape index (κ1) is 14.2. The molecule has 0 radical (unpaired) electrons. The minimum absolute atomic E-state index is 0.0991. The van der Waals surface area contributed by atoms with E-state index in [0.29, 0.717) is 12.0 Å². The first-order valence-electron chi connectivity index (χ1n) is 5.52. The molecule has 0 bridgehead atoms. The van der Waals surface area contributed by atoms with Gasteiger partial charge in [-0.05, 0) is 26.7 Å².